The number of hydrogen-bond acceptors (Lipinski definition) is 4. The van der Waals surface area contributed by atoms with Gasteiger partial charge in [0, 0.05) is 5.92 Å². The Morgan fingerprint density at radius 1 is 0.739 bits per heavy atom. The van der Waals surface area contributed by atoms with Gasteiger partial charge in [-0.2, -0.15) is 0 Å². The van der Waals surface area contributed by atoms with E-state index in [-0.39, 0.29) is 12.1 Å². The van der Waals surface area contributed by atoms with Crippen LogP contribution in [-0.2, 0) is 0 Å². The van der Waals surface area contributed by atoms with Gasteiger partial charge in [-0.25, -0.2) is 10.9 Å². The maximum Gasteiger partial charge on any atom is 0.118 e. The van der Waals surface area contributed by atoms with Crippen LogP contribution in [0.1, 0.15) is 36.6 Å². The van der Waals surface area contributed by atoms with Crippen LogP contribution in [0, 0.1) is 5.92 Å². The molecule has 122 valence electrons. The standard InChI is InChI=1S/C19H24N2O2/c1-4-17-18(13-5-9-15(22-2)10-6-13)20-21-19(17)14-7-11-16(23-3)12-8-14/h5-12,17-21H,4H2,1-3H3. The average Bonchev–Trinajstić information content (AvgIpc) is 3.05. The molecule has 0 amide bonds. The Balaban J connectivity index is 1.81. The summed E-state index contributed by atoms with van der Waals surface area (Å²) in [7, 11) is 3.39. The number of benzene rings is 2. The van der Waals surface area contributed by atoms with Gasteiger partial charge in [0.1, 0.15) is 11.5 Å². The maximum absolute atomic E-state index is 5.25. The van der Waals surface area contributed by atoms with Crippen molar-refractivity contribution in [1.82, 2.24) is 10.9 Å². The quantitative estimate of drug-likeness (QED) is 0.885. The smallest absolute Gasteiger partial charge is 0.118 e. The molecule has 1 aliphatic rings. The highest BCUT2D eigenvalue weighted by Gasteiger charge is 2.36. The molecule has 2 atom stereocenters. The van der Waals surface area contributed by atoms with Gasteiger partial charge < -0.3 is 9.47 Å². The van der Waals surface area contributed by atoms with E-state index in [1.54, 1.807) is 14.2 Å². The maximum atomic E-state index is 5.25. The summed E-state index contributed by atoms with van der Waals surface area (Å²) in [5, 5.41) is 0. The average molecular weight is 312 g/mol. The zero-order valence-corrected chi connectivity index (χ0v) is 13.9. The van der Waals surface area contributed by atoms with Crippen LogP contribution in [0.25, 0.3) is 0 Å². The highest BCUT2D eigenvalue weighted by atomic mass is 16.5. The fraction of sp³-hybridized carbons (Fsp3) is 0.368. The molecule has 0 aliphatic carbocycles. The van der Waals surface area contributed by atoms with Crippen LogP contribution in [0.2, 0.25) is 0 Å². The molecule has 0 spiro atoms. The summed E-state index contributed by atoms with van der Waals surface area (Å²) in [6, 6.07) is 17.2. The molecule has 0 saturated carbocycles. The van der Waals surface area contributed by atoms with Crippen LogP contribution in [0.4, 0.5) is 0 Å². The molecule has 2 aromatic rings. The third-order valence-electron chi connectivity index (χ3n) is 4.67. The van der Waals surface area contributed by atoms with Crippen molar-refractivity contribution in [1.29, 1.82) is 0 Å². The Hall–Kier alpha value is -2.04. The van der Waals surface area contributed by atoms with E-state index in [0.717, 1.165) is 17.9 Å². The Labute approximate surface area is 137 Å². The molecule has 1 aliphatic heterocycles. The largest absolute Gasteiger partial charge is 0.497 e. The topological polar surface area (TPSA) is 42.5 Å². The first kappa shape index (κ1) is 15.8. The van der Waals surface area contributed by atoms with E-state index in [0.29, 0.717) is 5.92 Å². The fourth-order valence-corrected chi connectivity index (χ4v) is 3.34. The summed E-state index contributed by atoms with van der Waals surface area (Å²) < 4.78 is 10.5. The molecule has 2 aromatic carbocycles. The Morgan fingerprint density at radius 2 is 1.13 bits per heavy atom. The number of ether oxygens (including phenoxy) is 2. The zero-order valence-electron chi connectivity index (χ0n) is 13.9. The summed E-state index contributed by atoms with van der Waals surface area (Å²) in [5.41, 5.74) is 9.49. The van der Waals surface area contributed by atoms with Crippen molar-refractivity contribution in [3.8, 4) is 11.5 Å². The highest BCUT2D eigenvalue weighted by molar-refractivity contribution is 5.33. The van der Waals surface area contributed by atoms with Gasteiger partial charge in [-0.05, 0) is 41.8 Å². The van der Waals surface area contributed by atoms with E-state index < -0.39 is 0 Å². The van der Waals surface area contributed by atoms with Crippen molar-refractivity contribution in [3.63, 3.8) is 0 Å². The third-order valence-corrected chi connectivity index (χ3v) is 4.67. The minimum absolute atomic E-state index is 0.290. The van der Waals surface area contributed by atoms with E-state index in [4.69, 9.17) is 9.47 Å². The fourth-order valence-electron chi connectivity index (χ4n) is 3.34. The second-order valence-corrected chi connectivity index (χ2v) is 5.86. The first-order chi connectivity index (χ1) is 11.3. The van der Waals surface area contributed by atoms with E-state index >= 15 is 0 Å². The van der Waals surface area contributed by atoms with Crippen molar-refractivity contribution < 1.29 is 9.47 Å². The lowest BCUT2D eigenvalue weighted by Crippen LogP contribution is -2.26. The number of hydrazine groups is 1. The molecule has 0 radical (unpaired) electrons. The normalized spacial score (nSPS) is 23.7. The summed E-state index contributed by atoms with van der Waals surface area (Å²) in [6.45, 7) is 2.24. The summed E-state index contributed by atoms with van der Waals surface area (Å²) in [5.74, 6) is 2.26. The zero-order chi connectivity index (χ0) is 16.2. The third kappa shape index (κ3) is 3.19. The van der Waals surface area contributed by atoms with Crippen molar-refractivity contribution >= 4 is 0 Å². The number of hydrogen-bond donors (Lipinski definition) is 2. The molecule has 4 heteroatoms. The molecule has 1 fully saturated rings. The number of nitrogens with one attached hydrogen (secondary N) is 2. The van der Waals surface area contributed by atoms with E-state index in [9.17, 15) is 0 Å². The number of methoxy groups -OCH3 is 2. The van der Waals surface area contributed by atoms with Crippen molar-refractivity contribution in [2.45, 2.75) is 25.4 Å². The predicted octanol–water partition coefficient (Wildman–Crippen LogP) is 3.62. The van der Waals surface area contributed by atoms with Crippen LogP contribution in [0.3, 0.4) is 0 Å². The Bertz CT molecular complexity index is 569. The lowest BCUT2D eigenvalue weighted by atomic mass is 9.84. The van der Waals surface area contributed by atoms with Gasteiger partial charge in [0.15, 0.2) is 0 Å². The Morgan fingerprint density at radius 3 is 1.43 bits per heavy atom. The van der Waals surface area contributed by atoms with Crippen LogP contribution in [0.5, 0.6) is 11.5 Å². The van der Waals surface area contributed by atoms with E-state index in [1.807, 2.05) is 24.3 Å². The summed E-state index contributed by atoms with van der Waals surface area (Å²) in [6.07, 6.45) is 1.09. The van der Waals surface area contributed by atoms with Gasteiger partial charge in [-0.15, -0.1) is 0 Å². The first-order valence-corrected chi connectivity index (χ1v) is 8.05. The Kier molecular flexibility index (Phi) is 4.84. The minimum atomic E-state index is 0.290. The van der Waals surface area contributed by atoms with Gasteiger partial charge in [-0.1, -0.05) is 31.2 Å². The molecule has 3 rings (SSSR count). The van der Waals surface area contributed by atoms with Gasteiger partial charge in [0.25, 0.3) is 0 Å². The van der Waals surface area contributed by atoms with Crippen molar-refractivity contribution in [2.24, 2.45) is 5.92 Å². The molecule has 2 unspecified atom stereocenters. The predicted molar refractivity (Wildman–Crippen MR) is 91.5 cm³/mol. The van der Waals surface area contributed by atoms with Gasteiger partial charge in [0.2, 0.25) is 0 Å². The molecular weight excluding hydrogens is 288 g/mol. The molecule has 4 nitrogen and oxygen atoms in total. The minimum Gasteiger partial charge on any atom is -0.497 e. The molecule has 1 heterocycles. The summed E-state index contributed by atoms with van der Waals surface area (Å²) in [4.78, 5) is 0. The molecule has 0 aromatic heterocycles. The van der Waals surface area contributed by atoms with E-state index in [2.05, 4.69) is 42.0 Å². The molecular formula is C19H24N2O2. The number of rotatable bonds is 5. The molecule has 23 heavy (non-hydrogen) atoms. The van der Waals surface area contributed by atoms with Gasteiger partial charge in [-0.3, -0.25) is 0 Å². The second kappa shape index (κ2) is 7.02. The van der Waals surface area contributed by atoms with Crippen LogP contribution in [0.15, 0.2) is 48.5 Å². The molecule has 0 bridgehead atoms. The van der Waals surface area contributed by atoms with Gasteiger partial charge in [0.05, 0.1) is 26.3 Å². The molecule has 2 N–H and O–H groups in total. The monoisotopic (exact) mass is 312 g/mol. The second-order valence-electron chi connectivity index (χ2n) is 5.86. The van der Waals surface area contributed by atoms with Crippen molar-refractivity contribution in [3.05, 3.63) is 59.7 Å². The first-order valence-electron chi connectivity index (χ1n) is 8.05. The SMILES string of the molecule is CCC1C(c2ccc(OC)cc2)NNC1c1ccc(OC)cc1. The van der Waals surface area contributed by atoms with E-state index in [1.165, 1.54) is 11.1 Å². The highest BCUT2D eigenvalue weighted by Crippen LogP contribution is 2.39. The van der Waals surface area contributed by atoms with Crippen LogP contribution >= 0.6 is 0 Å². The van der Waals surface area contributed by atoms with Crippen LogP contribution in [-0.4, -0.2) is 14.2 Å². The summed E-state index contributed by atoms with van der Waals surface area (Å²) >= 11 is 0. The van der Waals surface area contributed by atoms with Crippen LogP contribution < -0.4 is 20.3 Å². The van der Waals surface area contributed by atoms with Crippen molar-refractivity contribution in [2.75, 3.05) is 14.2 Å². The lowest BCUT2D eigenvalue weighted by molar-refractivity contribution is 0.404. The molecule has 1 saturated heterocycles. The lowest BCUT2D eigenvalue weighted by Gasteiger charge is -2.22. The van der Waals surface area contributed by atoms with Gasteiger partial charge >= 0.3 is 0 Å².